The highest BCUT2D eigenvalue weighted by molar-refractivity contribution is 5.99. The van der Waals surface area contributed by atoms with Crippen molar-refractivity contribution in [2.45, 2.75) is 6.42 Å². The average molecular weight is 379 g/mol. The van der Waals surface area contributed by atoms with Crippen molar-refractivity contribution in [3.63, 3.8) is 0 Å². The van der Waals surface area contributed by atoms with E-state index in [0.717, 1.165) is 23.0 Å². The number of likely N-dealkylation sites (N-methyl/N-ethyl adjacent to an activating group) is 1. The van der Waals surface area contributed by atoms with Gasteiger partial charge in [-0.2, -0.15) is 0 Å². The summed E-state index contributed by atoms with van der Waals surface area (Å²) < 4.78 is 0. The highest BCUT2D eigenvalue weighted by atomic mass is 16.2. The van der Waals surface area contributed by atoms with Gasteiger partial charge in [0.1, 0.15) is 0 Å². The number of carbonyl (C=O) groups is 2. The normalized spacial score (nSPS) is 11.0. The van der Waals surface area contributed by atoms with Crippen molar-refractivity contribution in [2.75, 3.05) is 33.7 Å². The van der Waals surface area contributed by atoms with Crippen LogP contribution in [0.25, 0.3) is 10.9 Å². The number of aromatic nitrogens is 2. The summed E-state index contributed by atoms with van der Waals surface area (Å²) in [7, 11) is 3.88. The third-order valence-corrected chi connectivity index (χ3v) is 4.46. The first kappa shape index (κ1) is 19.6. The third-order valence-electron chi connectivity index (χ3n) is 4.46. The Morgan fingerprint density at radius 1 is 1.04 bits per heavy atom. The lowest BCUT2D eigenvalue weighted by molar-refractivity contribution is 0.0950. The maximum Gasteiger partial charge on any atom is 0.252 e. The number of fused-ring (bicyclic) bond motifs is 1. The molecule has 0 aliphatic carbocycles. The molecule has 2 amide bonds. The fourth-order valence-electron chi connectivity index (χ4n) is 2.93. The van der Waals surface area contributed by atoms with Gasteiger partial charge in [-0.15, -0.1) is 0 Å². The Bertz CT molecular complexity index is 964. The van der Waals surface area contributed by atoms with E-state index in [2.05, 4.69) is 26.7 Å². The minimum atomic E-state index is -0.240. The second-order valence-electron chi connectivity index (χ2n) is 6.89. The Hall–Kier alpha value is -3.19. The van der Waals surface area contributed by atoms with Gasteiger partial charge in [0, 0.05) is 49.1 Å². The van der Waals surface area contributed by atoms with E-state index >= 15 is 0 Å². The molecule has 3 rings (SSSR count). The van der Waals surface area contributed by atoms with E-state index in [1.54, 1.807) is 6.07 Å². The standard InChI is InChI=1S/C21H25N5O2/c1-26(2)10-9-24-21(28)17-11-16(12-22-13-17)20(27)23-8-7-15-14-25-19-6-4-3-5-18(15)19/h3-6,11-14,25H,7-10H2,1-2H3,(H,23,27)(H,24,28). The largest absolute Gasteiger partial charge is 0.361 e. The zero-order chi connectivity index (χ0) is 19.9. The lowest BCUT2D eigenvalue weighted by Gasteiger charge is -2.10. The predicted molar refractivity (Wildman–Crippen MR) is 109 cm³/mol. The van der Waals surface area contributed by atoms with E-state index in [4.69, 9.17) is 0 Å². The highest BCUT2D eigenvalue weighted by Crippen LogP contribution is 2.17. The molecule has 7 heteroatoms. The van der Waals surface area contributed by atoms with E-state index in [0.29, 0.717) is 30.6 Å². The summed E-state index contributed by atoms with van der Waals surface area (Å²) in [5, 5.41) is 6.88. The second-order valence-corrected chi connectivity index (χ2v) is 6.89. The van der Waals surface area contributed by atoms with Crippen molar-refractivity contribution >= 4 is 22.7 Å². The van der Waals surface area contributed by atoms with Crippen molar-refractivity contribution in [1.29, 1.82) is 0 Å². The number of H-pyrrole nitrogens is 1. The van der Waals surface area contributed by atoms with E-state index < -0.39 is 0 Å². The number of nitrogens with zero attached hydrogens (tertiary/aromatic N) is 2. The summed E-state index contributed by atoms with van der Waals surface area (Å²) in [6.45, 7) is 1.78. The fourth-order valence-corrected chi connectivity index (χ4v) is 2.93. The molecule has 3 N–H and O–H groups in total. The molecule has 1 aromatic carbocycles. The summed E-state index contributed by atoms with van der Waals surface area (Å²) in [6, 6.07) is 9.64. The van der Waals surface area contributed by atoms with Crippen molar-refractivity contribution < 1.29 is 9.59 Å². The number of hydrogen-bond acceptors (Lipinski definition) is 4. The van der Waals surface area contributed by atoms with E-state index in [1.807, 2.05) is 43.4 Å². The SMILES string of the molecule is CN(C)CCNC(=O)c1cncc(C(=O)NCCc2c[nH]c3ccccc23)c1. The molecule has 0 bridgehead atoms. The maximum absolute atomic E-state index is 12.4. The number of carbonyl (C=O) groups excluding carboxylic acids is 2. The van der Waals surface area contributed by atoms with Crippen molar-refractivity contribution in [3.05, 3.63) is 65.6 Å². The zero-order valence-electron chi connectivity index (χ0n) is 16.2. The van der Waals surface area contributed by atoms with Crippen LogP contribution in [0.1, 0.15) is 26.3 Å². The fraction of sp³-hybridized carbons (Fsp3) is 0.286. The van der Waals surface area contributed by atoms with E-state index in [9.17, 15) is 9.59 Å². The Labute approximate surface area is 164 Å². The van der Waals surface area contributed by atoms with Gasteiger partial charge < -0.3 is 20.5 Å². The first-order valence-electron chi connectivity index (χ1n) is 9.26. The Balaban J connectivity index is 1.55. The quantitative estimate of drug-likeness (QED) is 0.557. The minimum absolute atomic E-state index is 0.234. The van der Waals surface area contributed by atoms with Crippen LogP contribution in [0.2, 0.25) is 0 Å². The second kappa shape index (κ2) is 9.14. The molecule has 3 aromatic rings. The van der Waals surface area contributed by atoms with Crippen LogP contribution in [-0.2, 0) is 6.42 Å². The summed E-state index contributed by atoms with van der Waals surface area (Å²) in [5.74, 6) is -0.474. The molecule has 0 spiro atoms. The average Bonchev–Trinajstić information content (AvgIpc) is 3.11. The predicted octanol–water partition coefficient (Wildman–Crippen LogP) is 1.83. The molecule has 0 atom stereocenters. The van der Waals surface area contributed by atoms with Gasteiger partial charge >= 0.3 is 0 Å². The summed E-state index contributed by atoms with van der Waals surface area (Å²) in [5.41, 5.74) is 2.99. The molecular formula is C21H25N5O2. The first-order chi connectivity index (χ1) is 13.5. The molecule has 0 radical (unpaired) electrons. The number of hydrogen-bond donors (Lipinski definition) is 3. The summed E-state index contributed by atoms with van der Waals surface area (Å²) in [6.07, 6.45) is 5.62. The van der Waals surface area contributed by atoms with Crippen molar-refractivity contribution in [1.82, 2.24) is 25.5 Å². The molecule has 28 heavy (non-hydrogen) atoms. The zero-order valence-corrected chi connectivity index (χ0v) is 16.2. The Morgan fingerprint density at radius 2 is 1.71 bits per heavy atom. The van der Waals surface area contributed by atoms with Gasteiger partial charge in [0.25, 0.3) is 11.8 Å². The number of para-hydroxylation sites is 1. The summed E-state index contributed by atoms with van der Waals surface area (Å²) >= 11 is 0. The van der Waals surface area contributed by atoms with Crippen LogP contribution >= 0.6 is 0 Å². The lowest BCUT2D eigenvalue weighted by Crippen LogP contribution is -2.31. The van der Waals surface area contributed by atoms with Crippen LogP contribution < -0.4 is 10.6 Å². The van der Waals surface area contributed by atoms with E-state index in [1.165, 1.54) is 12.4 Å². The van der Waals surface area contributed by atoms with E-state index in [-0.39, 0.29) is 11.8 Å². The molecule has 0 saturated heterocycles. The van der Waals surface area contributed by atoms with Crippen molar-refractivity contribution in [2.24, 2.45) is 0 Å². The molecule has 2 aromatic heterocycles. The molecular weight excluding hydrogens is 354 g/mol. The number of aromatic amines is 1. The maximum atomic E-state index is 12.4. The number of pyridine rings is 1. The lowest BCUT2D eigenvalue weighted by atomic mass is 10.1. The highest BCUT2D eigenvalue weighted by Gasteiger charge is 2.11. The van der Waals surface area contributed by atoms with Crippen LogP contribution in [-0.4, -0.2) is 60.4 Å². The molecule has 2 heterocycles. The molecule has 0 aliphatic rings. The Kier molecular flexibility index (Phi) is 6.39. The monoisotopic (exact) mass is 379 g/mol. The summed E-state index contributed by atoms with van der Waals surface area (Å²) in [4.78, 5) is 33.9. The smallest absolute Gasteiger partial charge is 0.252 e. The molecule has 0 saturated carbocycles. The van der Waals surface area contributed by atoms with Gasteiger partial charge in [-0.05, 0) is 38.2 Å². The van der Waals surface area contributed by atoms with Crippen molar-refractivity contribution in [3.8, 4) is 0 Å². The van der Waals surface area contributed by atoms with Crippen LogP contribution in [0, 0.1) is 0 Å². The van der Waals surface area contributed by atoms with Crippen LogP contribution in [0.4, 0.5) is 0 Å². The van der Waals surface area contributed by atoms with Gasteiger partial charge in [-0.1, -0.05) is 18.2 Å². The Morgan fingerprint density at radius 3 is 2.43 bits per heavy atom. The van der Waals surface area contributed by atoms with Gasteiger partial charge in [0.15, 0.2) is 0 Å². The van der Waals surface area contributed by atoms with Crippen LogP contribution in [0.5, 0.6) is 0 Å². The molecule has 146 valence electrons. The molecule has 0 aliphatic heterocycles. The topological polar surface area (TPSA) is 90.1 Å². The van der Waals surface area contributed by atoms with Gasteiger partial charge in [0.2, 0.25) is 0 Å². The van der Waals surface area contributed by atoms with Gasteiger partial charge in [-0.25, -0.2) is 0 Å². The van der Waals surface area contributed by atoms with Crippen LogP contribution in [0.15, 0.2) is 48.9 Å². The molecule has 7 nitrogen and oxygen atoms in total. The number of benzene rings is 1. The first-order valence-corrected chi connectivity index (χ1v) is 9.26. The minimum Gasteiger partial charge on any atom is -0.361 e. The third kappa shape index (κ3) is 4.95. The van der Waals surface area contributed by atoms with Crippen LogP contribution in [0.3, 0.4) is 0 Å². The molecule has 0 unspecified atom stereocenters. The number of rotatable bonds is 8. The number of nitrogens with one attached hydrogen (secondary N) is 3. The molecule has 0 fully saturated rings. The van der Waals surface area contributed by atoms with Gasteiger partial charge in [0.05, 0.1) is 11.1 Å². The number of amides is 2. The van der Waals surface area contributed by atoms with Gasteiger partial charge in [-0.3, -0.25) is 14.6 Å².